The molecule has 124 valence electrons. The first-order valence-electron chi connectivity index (χ1n) is 7.21. The van der Waals surface area contributed by atoms with Crippen LogP contribution in [-0.4, -0.2) is 29.7 Å². The third-order valence-electron chi connectivity index (χ3n) is 3.00. The molecule has 5 nitrogen and oxygen atoms in total. The SMILES string of the molecule is CCOCc1ccc(O)cc1.COc1cc(C(C)=O)ccc1O. The molecule has 0 fully saturated rings. The van der Waals surface area contributed by atoms with Gasteiger partial charge in [-0.25, -0.2) is 0 Å². The highest BCUT2D eigenvalue weighted by atomic mass is 16.5. The van der Waals surface area contributed by atoms with E-state index in [2.05, 4.69) is 0 Å². The lowest BCUT2D eigenvalue weighted by molar-refractivity contribution is 0.101. The van der Waals surface area contributed by atoms with Crippen molar-refractivity contribution in [3.05, 3.63) is 53.6 Å². The summed E-state index contributed by atoms with van der Waals surface area (Å²) in [5, 5.41) is 18.1. The van der Waals surface area contributed by atoms with Gasteiger partial charge in [-0.15, -0.1) is 0 Å². The van der Waals surface area contributed by atoms with Gasteiger partial charge in [-0.1, -0.05) is 12.1 Å². The highest BCUT2D eigenvalue weighted by molar-refractivity contribution is 5.94. The van der Waals surface area contributed by atoms with Gasteiger partial charge in [0.2, 0.25) is 0 Å². The van der Waals surface area contributed by atoms with E-state index in [1.54, 1.807) is 18.2 Å². The lowest BCUT2D eigenvalue weighted by Crippen LogP contribution is -1.92. The number of carbonyl (C=O) groups excluding carboxylic acids is 1. The van der Waals surface area contributed by atoms with Crippen LogP contribution in [0.5, 0.6) is 17.2 Å². The number of ether oxygens (including phenoxy) is 2. The van der Waals surface area contributed by atoms with Gasteiger partial charge in [0.1, 0.15) is 5.75 Å². The fraction of sp³-hybridized carbons (Fsp3) is 0.278. The summed E-state index contributed by atoms with van der Waals surface area (Å²) in [5.74, 6) is 0.615. The summed E-state index contributed by atoms with van der Waals surface area (Å²) in [7, 11) is 1.44. The van der Waals surface area contributed by atoms with Gasteiger partial charge in [0.25, 0.3) is 0 Å². The Kier molecular flexibility index (Phi) is 7.63. The Hall–Kier alpha value is -2.53. The van der Waals surface area contributed by atoms with Gasteiger partial charge in [0.15, 0.2) is 17.3 Å². The fourth-order valence-electron chi connectivity index (χ4n) is 1.71. The molecular formula is C18H22O5. The highest BCUT2D eigenvalue weighted by Gasteiger charge is 2.04. The smallest absolute Gasteiger partial charge is 0.161 e. The first kappa shape index (κ1) is 18.5. The molecule has 2 aromatic rings. The number of methoxy groups -OCH3 is 1. The van der Waals surface area contributed by atoms with Crippen molar-refractivity contribution in [1.82, 2.24) is 0 Å². The zero-order valence-electron chi connectivity index (χ0n) is 13.6. The van der Waals surface area contributed by atoms with Crippen LogP contribution in [0.2, 0.25) is 0 Å². The molecular weight excluding hydrogens is 296 g/mol. The first-order chi connectivity index (χ1) is 11.0. The van der Waals surface area contributed by atoms with Crippen LogP contribution in [0.25, 0.3) is 0 Å². The molecule has 0 saturated carbocycles. The third-order valence-corrected chi connectivity index (χ3v) is 3.00. The van der Waals surface area contributed by atoms with Crippen molar-refractivity contribution in [2.24, 2.45) is 0 Å². The highest BCUT2D eigenvalue weighted by Crippen LogP contribution is 2.26. The van der Waals surface area contributed by atoms with Gasteiger partial charge in [-0.05, 0) is 49.7 Å². The summed E-state index contributed by atoms with van der Waals surface area (Å²) in [6, 6.07) is 11.5. The number of phenols is 2. The Morgan fingerprint density at radius 3 is 2.26 bits per heavy atom. The maximum atomic E-state index is 10.9. The van der Waals surface area contributed by atoms with Crippen molar-refractivity contribution in [2.75, 3.05) is 13.7 Å². The second-order valence-corrected chi connectivity index (χ2v) is 4.75. The van der Waals surface area contributed by atoms with E-state index < -0.39 is 0 Å². The molecule has 2 aromatic carbocycles. The van der Waals surface area contributed by atoms with Gasteiger partial charge in [0, 0.05) is 12.2 Å². The Balaban J connectivity index is 0.000000231. The van der Waals surface area contributed by atoms with E-state index in [1.165, 1.54) is 26.2 Å². The number of Topliss-reactive ketones (excluding diaryl/α,β-unsaturated/α-hetero) is 1. The molecule has 5 heteroatoms. The van der Waals surface area contributed by atoms with Crippen LogP contribution in [-0.2, 0) is 11.3 Å². The molecule has 2 rings (SSSR count). The summed E-state index contributed by atoms with van der Waals surface area (Å²) in [5.41, 5.74) is 1.62. The lowest BCUT2D eigenvalue weighted by atomic mass is 10.1. The molecule has 0 aliphatic carbocycles. The van der Waals surface area contributed by atoms with Crippen LogP contribution in [0.3, 0.4) is 0 Å². The summed E-state index contributed by atoms with van der Waals surface area (Å²) < 4.78 is 10.0. The molecule has 0 aromatic heterocycles. The summed E-state index contributed by atoms with van der Waals surface area (Å²) in [6.07, 6.45) is 0. The number of ketones is 1. The minimum absolute atomic E-state index is 0.0440. The van der Waals surface area contributed by atoms with E-state index in [1.807, 2.05) is 19.1 Å². The number of hydrogen-bond donors (Lipinski definition) is 2. The van der Waals surface area contributed by atoms with Gasteiger partial charge in [0.05, 0.1) is 13.7 Å². The predicted octanol–water partition coefficient (Wildman–Crippen LogP) is 3.53. The van der Waals surface area contributed by atoms with Crippen molar-refractivity contribution in [3.63, 3.8) is 0 Å². The predicted molar refractivity (Wildman–Crippen MR) is 88.1 cm³/mol. The van der Waals surface area contributed by atoms with Gasteiger partial charge >= 0.3 is 0 Å². The molecule has 0 aliphatic heterocycles. The standard InChI is InChI=1S/C9H10O3.C9H12O2/c1-6(10)7-3-4-8(11)9(5-7)12-2;1-2-11-7-8-3-5-9(10)6-4-8/h3-5,11H,1-2H3;3-6,10H,2,7H2,1H3. The topological polar surface area (TPSA) is 76.0 Å². The zero-order chi connectivity index (χ0) is 17.2. The molecule has 0 saturated heterocycles. The van der Waals surface area contributed by atoms with Crippen molar-refractivity contribution >= 4 is 5.78 Å². The Morgan fingerprint density at radius 2 is 1.74 bits per heavy atom. The van der Waals surface area contributed by atoms with Gasteiger partial charge in [-0.2, -0.15) is 0 Å². The van der Waals surface area contributed by atoms with Gasteiger partial charge < -0.3 is 19.7 Å². The second-order valence-electron chi connectivity index (χ2n) is 4.75. The molecule has 0 bridgehead atoms. The van der Waals surface area contributed by atoms with Crippen LogP contribution in [0, 0.1) is 0 Å². The van der Waals surface area contributed by atoms with Crippen LogP contribution in [0.4, 0.5) is 0 Å². The normalized spacial score (nSPS) is 9.70. The fourth-order valence-corrected chi connectivity index (χ4v) is 1.71. The number of hydrogen-bond acceptors (Lipinski definition) is 5. The molecule has 0 atom stereocenters. The molecule has 0 spiro atoms. The second kappa shape index (κ2) is 9.48. The number of rotatable bonds is 5. The molecule has 0 unspecified atom stereocenters. The van der Waals surface area contributed by atoms with Crippen molar-refractivity contribution in [1.29, 1.82) is 0 Å². The van der Waals surface area contributed by atoms with Crippen molar-refractivity contribution in [2.45, 2.75) is 20.5 Å². The summed E-state index contributed by atoms with van der Waals surface area (Å²) in [6.45, 7) is 4.77. The maximum absolute atomic E-state index is 10.9. The van der Waals surface area contributed by atoms with E-state index in [-0.39, 0.29) is 11.5 Å². The molecule has 0 amide bonds. The van der Waals surface area contributed by atoms with E-state index in [9.17, 15) is 9.90 Å². The number of phenolic OH excluding ortho intramolecular Hbond substituents is 2. The molecule has 0 radical (unpaired) electrons. The Labute approximate surface area is 136 Å². The van der Waals surface area contributed by atoms with E-state index in [0.717, 1.165) is 12.2 Å². The zero-order valence-corrected chi connectivity index (χ0v) is 13.6. The van der Waals surface area contributed by atoms with E-state index in [4.69, 9.17) is 14.6 Å². The summed E-state index contributed by atoms with van der Waals surface area (Å²) >= 11 is 0. The average molecular weight is 318 g/mol. The van der Waals surface area contributed by atoms with Crippen LogP contribution in [0.15, 0.2) is 42.5 Å². The largest absolute Gasteiger partial charge is 0.508 e. The lowest BCUT2D eigenvalue weighted by Gasteiger charge is -2.03. The van der Waals surface area contributed by atoms with Gasteiger partial charge in [-0.3, -0.25) is 4.79 Å². The quantitative estimate of drug-likeness (QED) is 0.825. The maximum Gasteiger partial charge on any atom is 0.161 e. The van der Waals surface area contributed by atoms with Crippen LogP contribution < -0.4 is 4.74 Å². The van der Waals surface area contributed by atoms with E-state index in [0.29, 0.717) is 23.7 Å². The van der Waals surface area contributed by atoms with Crippen molar-refractivity contribution < 1.29 is 24.5 Å². The minimum atomic E-state index is -0.0479. The first-order valence-corrected chi connectivity index (χ1v) is 7.21. The Morgan fingerprint density at radius 1 is 1.09 bits per heavy atom. The monoisotopic (exact) mass is 318 g/mol. The Bertz CT molecular complexity index is 620. The van der Waals surface area contributed by atoms with Crippen LogP contribution in [0.1, 0.15) is 29.8 Å². The number of carbonyl (C=O) groups is 1. The average Bonchev–Trinajstić information content (AvgIpc) is 2.55. The molecule has 23 heavy (non-hydrogen) atoms. The molecule has 2 N–H and O–H groups in total. The van der Waals surface area contributed by atoms with Crippen molar-refractivity contribution in [3.8, 4) is 17.2 Å². The minimum Gasteiger partial charge on any atom is -0.508 e. The number of aromatic hydroxyl groups is 2. The molecule has 0 heterocycles. The third kappa shape index (κ3) is 6.40. The number of benzene rings is 2. The van der Waals surface area contributed by atoms with E-state index >= 15 is 0 Å². The molecule has 0 aliphatic rings. The van der Waals surface area contributed by atoms with Crippen LogP contribution >= 0.6 is 0 Å². The summed E-state index contributed by atoms with van der Waals surface area (Å²) in [4.78, 5) is 10.9.